The van der Waals surface area contributed by atoms with Gasteiger partial charge in [-0.3, -0.25) is 0 Å². The van der Waals surface area contributed by atoms with Crippen LogP contribution in [0.25, 0.3) is 0 Å². The maximum atomic E-state index is 6.28. The van der Waals surface area contributed by atoms with E-state index in [-0.39, 0.29) is 11.6 Å². The molecule has 0 bridgehead atoms. The van der Waals surface area contributed by atoms with Crippen LogP contribution in [0.5, 0.6) is 11.5 Å². The summed E-state index contributed by atoms with van der Waals surface area (Å²) >= 11 is 0. The monoisotopic (exact) mass is 233 g/mol. The molecule has 1 fully saturated rings. The van der Waals surface area contributed by atoms with Crippen LogP contribution in [-0.4, -0.2) is 12.7 Å². The molecule has 2 aliphatic rings. The average molecular weight is 233 g/mol. The van der Waals surface area contributed by atoms with Crippen molar-refractivity contribution in [2.75, 3.05) is 7.11 Å². The maximum Gasteiger partial charge on any atom is 0.125 e. The molecule has 92 valence electrons. The molecule has 3 heteroatoms. The van der Waals surface area contributed by atoms with Gasteiger partial charge in [-0.05, 0) is 43.9 Å². The molecule has 0 aromatic heterocycles. The van der Waals surface area contributed by atoms with Gasteiger partial charge in [-0.25, -0.2) is 0 Å². The number of ether oxygens (including phenoxy) is 2. The van der Waals surface area contributed by atoms with E-state index in [2.05, 4.69) is 6.92 Å². The van der Waals surface area contributed by atoms with E-state index < -0.39 is 0 Å². The van der Waals surface area contributed by atoms with E-state index in [1.165, 1.54) is 12.8 Å². The lowest BCUT2D eigenvalue weighted by Crippen LogP contribution is -2.42. The highest BCUT2D eigenvalue weighted by Gasteiger charge is 2.47. The van der Waals surface area contributed by atoms with Gasteiger partial charge < -0.3 is 15.2 Å². The second-order valence-corrected chi connectivity index (χ2v) is 5.40. The zero-order chi connectivity index (χ0) is 12.0. The van der Waals surface area contributed by atoms with Crippen molar-refractivity contribution in [2.24, 2.45) is 11.7 Å². The Bertz CT molecular complexity index is 442. The van der Waals surface area contributed by atoms with Gasteiger partial charge in [-0.1, -0.05) is 0 Å². The third-order valence-corrected chi connectivity index (χ3v) is 4.03. The normalized spacial score (nSPS) is 31.6. The Morgan fingerprint density at radius 3 is 2.82 bits per heavy atom. The number of rotatable bonds is 2. The number of nitrogens with two attached hydrogens (primary N) is 1. The first-order valence-corrected chi connectivity index (χ1v) is 6.25. The summed E-state index contributed by atoms with van der Waals surface area (Å²) in [7, 11) is 1.67. The van der Waals surface area contributed by atoms with Gasteiger partial charge in [-0.2, -0.15) is 0 Å². The van der Waals surface area contributed by atoms with Crippen molar-refractivity contribution < 1.29 is 9.47 Å². The van der Waals surface area contributed by atoms with E-state index >= 15 is 0 Å². The lowest BCUT2D eigenvalue weighted by molar-refractivity contribution is 0.0323. The van der Waals surface area contributed by atoms with Crippen LogP contribution in [0.1, 0.15) is 37.8 Å². The zero-order valence-electron chi connectivity index (χ0n) is 10.4. The highest BCUT2D eigenvalue weighted by Crippen LogP contribution is 2.50. The van der Waals surface area contributed by atoms with Gasteiger partial charge >= 0.3 is 0 Å². The summed E-state index contributed by atoms with van der Waals surface area (Å²) in [4.78, 5) is 0. The molecule has 0 amide bonds. The molecular weight excluding hydrogens is 214 g/mol. The SMILES string of the molecule is COc1ccc2c(c1)C(N)CC(C)(C1CC1)O2. The van der Waals surface area contributed by atoms with Crippen molar-refractivity contribution in [2.45, 2.75) is 37.8 Å². The molecule has 1 heterocycles. The molecule has 2 atom stereocenters. The van der Waals surface area contributed by atoms with Crippen molar-refractivity contribution >= 4 is 0 Å². The Balaban J connectivity index is 1.96. The fourth-order valence-electron chi connectivity index (χ4n) is 2.82. The number of hydrogen-bond donors (Lipinski definition) is 1. The van der Waals surface area contributed by atoms with Crippen LogP contribution in [0.3, 0.4) is 0 Å². The van der Waals surface area contributed by atoms with E-state index in [0.717, 1.165) is 23.5 Å². The van der Waals surface area contributed by atoms with E-state index in [0.29, 0.717) is 5.92 Å². The molecule has 0 saturated heterocycles. The van der Waals surface area contributed by atoms with E-state index in [1.54, 1.807) is 7.11 Å². The summed E-state index contributed by atoms with van der Waals surface area (Å²) < 4.78 is 11.4. The summed E-state index contributed by atoms with van der Waals surface area (Å²) in [5.74, 6) is 2.46. The molecule has 1 aliphatic carbocycles. The molecule has 17 heavy (non-hydrogen) atoms. The van der Waals surface area contributed by atoms with Crippen LogP contribution in [0.15, 0.2) is 18.2 Å². The van der Waals surface area contributed by atoms with E-state index in [1.807, 2.05) is 18.2 Å². The van der Waals surface area contributed by atoms with Gasteiger partial charge in [0.1, 0.15) is 17.1 Å². The highest BCUT2D eigenvalue weighted by atomic mass is 16.5. The van der Waals surface area contributed by atoms with Crippen LogP contribution >= 0.6 is 0 Å². The van der Waals surface area contributed by atoms with Gasteiger partial charge in [-0.15, -0.1) is 0 Å². The smallest absolute Gasteiger partial charge is 0.125 e. The van der Waals surface area contributed by atoms with E-state index in [9.17, 15) is 0 Å². The van der Waals surface area contributed by atoms with Crippen LogP contribution in [0, 0.1) is 5.92 Å². The Morgan fingerprint density at radius 2 is 2.18 bits per heavy atom. The van der Waals surface area contributed by atoms with Crippen molar-refractivity contribution in [1.29, 1.82) is 0 Å². The molecule has 0 radical (unpaired) electrons. The quantitative estimate of drug-likeness (QED) is 0.854. The maximum absolute atomic E-state index is 6.28. The highest BCUT2D eigenvalue weighted by molar-refractivity contribution is 5.44. The number of methoxy groups -OCH3 is 1. The molecule has 1 saturated carbocycles. The Labute approximate surface area is 102 Å². The first-order valence-electron chi connectivity index (χ1n) is 6.25. The van der Waals surface area contributed by atoms with Crippen LogP contribution in [0.4, 0.5) is 0 Å². The van der Waals surface area contributed by atoms with E-state index in [4.69, 9.17) is 15.2 Å². The molecular formula is C14H19NO2. The van der Waals surface area contributed by atoms with Crippen molar-refractivity contribution in [3.8, 4) is 11.5 Å². The molecule has 1 aliphatic heterocycles. The molecule has 2 N–H and O–H groups in total. The lowest BCUT2D eigenvalue weighted by atomic mass is 9.85. The fourth-order valence-corrected chi connectivity index (χ4v) is 2.82. The van der Waals surface area contributed by atoms with Gasteiger partial charge in [0.15, 0.2) is 0 Å². The summed E-state index contributed by atoms with van der Waals surface area (Å²) in [6.07, 6.45) is 3.45. The first kappa shape index (κ1) is 10.9. The Kier molecular flexibility index (Phi) is 2.33. The van der Waals surface area contributed by atoms with Crippen molar-refractivity contribution in [3.63, 3.8) is 0 Å². The van der Waals surface area contributed by atoms with Gasteiger partial charge in [0.2, 0.25) is 0 Å². The molecule has 3 nitrogen and oxygen atoms in total. The summed E-state index contributed by atoms with van der Waals surface area (Å²) in [5.41, 5.74) is 7.28. The topological polar surface area (TPSA) is 44.5 Å². The molecule has 1 aromatic carbocycles. The summed E-state index contributed by atoms with van der Waals surface area (Å²) in [5, 5.41) is 0. The largest absolute Gasteiger partial charge is 0.497 e. The van der Waals surface area contributed by atoms with Crippen molar-refractivity contribution in [1.82, 2.24) is 0 Å². The van der Waals surface area contributed by atoms with Crippen LogP contribution in [-0.2, 0) is 0 Å². The Morgan fingerprint density at radius 1 is 1.41 bits per heavy atom. The van der Waals surface area contributed by atoms with Gasteiger partial charge in [0.05, 0.1) is 7.11 Å². The fraction of sp³-hybridized carbons (Fsp3) is 0.571. The average Bonchev–Trinajstić information content (AvgIpc) is 3.12. The standard InChI is InChI=1S/C14H19NO2/c1-14(9-3-4-9)8-12(15)11-7-10(16-2)5-6-13(11)17-14/h5-7,9,12H,3-4,8,15H2,1-2H3. The molecule has 1 aromatic rings. The predicted octanol–water partition coefficient (Wildman–Crippen LogP) is 2.65. The number of fused-ring (bicyclic) bond motifs is 1. The number of benzene rings is 1. The van der Waals surface area contributed by atoms with Crippen molar-refractivity contribution in [3.05, 3.63) is 23.8 Å². The third-order valence-electron chi connectivity index (χ3n) is 4.03. The summed E-state index contributed by atoms with van der Waals surface area (Å²) in [6, 6.07) is 5.96. The molecule has 0 spiro atoms. The van der Waals surface area contributed by atoms with Gasteiger partial charge in [0.25, 0.3) is 0 Å². The first-order chi connectivity index (χ1) is 8.12. The third kappa shape index (κ3) is 1.78. The van der Waals surface area contributed by atoms with Crippen LogP contribution in [0.2, 0.25) is 0 Å². The van der Waals surface area contributed by atoms with Gasteiger partial charge in [0, 0.05) is 18.0 Å². The minimum absolute atomic E-state index is 0.0550. The molecule has 2 unspecified atom stereocenters. The Hall–Kier alpha value is -1.22. The zero-order valence-corrected chi connectivity index (χ0v) is 10.4. The molecule has 3 rings (SSSR count). The minimum atomic E-state index is -0.0684. The van der Waals surface area contributed by atoms with Crippen LogP contribution < -0.4 is 15.2 Å². The second kappa shape index (κ2) is 3.64. The lowest BCUT2D eigenvalue weighted by Gasteiger charge is -2.39. The summed E-state index contributed by atoms with van der Waals surface area (Å²) in [6.45, 7) is 2.19. The predicted molar refractivity (Wildman–Crippen MR) is 66.3 cm³/mol. The second-order valence-electron chi connectivity index (χ2n) is 5.40. The number of hydrogen-bond acceptors (Lipinski definition) is 3. The minimum Gasteiger partial charge on any atom is -0.497 e.